The van der Waals surface area contributed by atoms with Crippen LogP contribution in [-0.2, 0) is 0 Å². The number of carbonyl (C=O) groups excluding carboxylic acids is 1. The fraction of sp³-hybridized carbons (Fsp3) is 0.111. The molecule has 0 unspecified atom stereocenters. The number of ketones is 1. The lowest BCUT2D eigenvalue weighted by atomic mass is 9.97. The van der Waals surface area contributed by atoms with Crippen LogP contribution in [0.3, 0.4) is 0 Å². The second-order valence-electron chi connectivity index (χ2n) is 5.45. The van der Waals surface area contributed by atoms with Gasteiger partial charge in [-0.05, 0) is 5.56 Å². The maximum absolute atomic E-state index is 12.5. The van der Waals surface area contributed by atoms with Crippen LogP contribution >= 0.6 is 0 Å². The maximum Gasteiger partial charge on any atom is 0.199 e. The highest BCUT2D eigenvalue weighted by atomic mass is 16.3. The molecule has 22 heavy (non-hydrogen) atoms. The number of rotatable bonds is 2. The van der Waals surface area contributed by atoms with Crippen LogP contribution < -0.4 is 5.43 Å². The molecule has 0 saturated carbocycles. The van der Waals surface area contributed by atoms with Crippen molar-refractivity contribution in [2.75, 3.05) is 0 Å². The Balaban J connectivity index is 1.65. The van der Waals surface area contributed by atoms with E-state index in [9.17, 15) is 9.90 Å². The van der Waals surface area contributed by atoms with Crippen molar-refractivity contribution in [2.45, 2.75) is 12.5 Å². The normalized spacial score (nSPS) is 19.9. The van der Waals surface area contributed by atoms with Crippen LogP contribution in [0.2, 0.25) is 0 Å². The predicted molar refractivity (Wildman–Crippen MR) is 84.7 cm³/mol. The van der Waals surface area contributed by atoms with Crippen LogP contribution in [0.25, 0.3) is 5.76 Å². The number of hydrogen-bond donors (Lipinski definition) is 2. The van der Waals surface area contributed by atoms with Gasteiger partial charge < -0.3 is 10.5 Å². The van der Waals surface area contributed by atoms with Crippen molar-refractivity contribution in [3.63, 3.8) is 0 Å². The Kier molecular flexibility index (Phi) is 2.82. The van der Waals surface area contributed by atoms with Gasteiger partial charge >= 0.3 is 0 Å². The van der Waals surface area contributed by atoms with Gasteiger partial charge in [0.1, 0.15) is 5.76 Å². The highest BCUT2D eigenvalue weighted by Crippen LogP contribution is 2.35. The van der Waals surface area contributed by atoms with Crippen LogP contribution in [0.1, 0.15) is 33.9 Å². The Labute approximate surface area is 127 Å². The number of hydrogen-bond acceptors (Lipinski definition) is 4. The summed E-state index contributed by atoms with van der Waals surface area (Å²) in [4.78, 5) is 12.5. The average molecular weight is 290 g/mol. The van der Waals surface area contributed by atoms with E-state index in [4.69, 9.17) is 0 Å². The largest absolute Gasteiger partial charge is 0.506 e. The van der Waals surface area contributed by atoms with E-state index in [2.05, 4.69) is 10.5 Å². The van der Waals surface area contributed by atoms with Gasteiger partial charge in [0.05, 0.1) is 17.3 Å². The molecule has 1 atom stereocenters. The molecule has 2 aliphatic rings. The lowest BCUT2D eigenvalue weighted by Crippen LogP contribution is -2.11. The molecule has 1 aliphatic carbocycles. The molecular weight excluding hydrogens is 276 g/mol. The minimum atomic E-state index is -0.151. The first kappa shape index (κ1) is 12.8. The third-order valence-electron chi connectivity index (χ3n) is 4.13. The minimum Gasteiger partial charge on any atom is -0.506 e. The Morgan fingerprint density at radius 3 is 2.41 bits per heavy atom. The van der Waals surface area contributed by atoms with Gasteiger partial charge in [0.25, 0.3) is 0 Å². The van der Waals surface area contributed by atoms with Crippen molar-refractivity contribution in [1.82, 2.24) is 5.43 Å². The van der Waals surface area contributed by atoms with E-state index in [1.54, 1.807) is 18.2 Å². The second-order valence-corrected chi connectivity index (χ2v) is 5.45. The number of carbonyl (C=O) groups is 1. The number of nitrogens with zero attached hydrogens (tertiary/aromatic N) is 1. The van der Waals surface area contributed by atoms with Crippen molar-refractivity contribution in [2.24, 2.45) is 5.10 Å². The summed E-state index contributed by atoms with van der Waals surface area (Å²) in [6.07, 6.45) is 0.586. The molecule has 4 heteroatoms. The number of aliphatic hydroxyl groups excluding tert-OH is 1. The van der Waals surface area contributed by atoms with Gasteiger partial charge in [0, 0.05) is 17.5 Å². The third kappa shape index (κ3) is 1.84. The number of fused-ring (bicyclic) bond motifs is 1. The predicted octanol–water partition coefficient (Wildman–Crippen LogP) is 3.24. The second kappa shape index (κ2) is 4.84. The fourth-order valence-corrected chi connectivity index (χ4v) is 3.01. The molecular formula is C18H14N2O2. The van der Waals surface area contributed by atoms with Gasteiger partial charge in [-0.3, -0.25) is 4.79 Å². The zero-order chi connectivity index (χ0) is 15.1. The molecule has 2 aromatic carbocycles. The van der Waals surface area contributed by atoms with E-state index in [0.717, 1.165) is 5.56 Å². The van der Waals surface area contributed by atoms with E-state index in [1.165, 1.54) is 0 Å². The summed E-state index contributed by atoms with van der Waals surface area (Å²) in [5.74, 6) is -0.114. The number of nitrogens with one attached hydrogen (secondary N) is 1. The SMILES string of the molecule is O=C1C(C2=NN[C@H](c3ccccc3)C2)=C(O)c2ccccc21. The van der Waals surface area contributed by atoms with E-state index in [-0.39, 0.29) is 17.6 Å². The number of Topliss-reactive ketones (excluding diaryl/α,β-unsaturated/α-hetero) is 1. The fourth-order valence-electron chi connectivity index (χ4n) is 3.01. The maximum atomic E-state index is 12.5. The zero-order valence-electron chi connectivity index (χ0n) is 11.8. The molecule has 4 rings (SSSR count). The molecule has 1 heterocycles. The van der Waals surface area contributed by atoms with Crippen molar-refractivity contribution in [3.05, 3.63) is 76.9 Å². The van der Waals surface area contributed by atoms with Gasteiger partial charge in [-0.15, -0.1) is 0 Å². The zero-order valence-corrected chi connectivity index (χ0v) is 11.8. The monoisotopic (exact) mass is 290 g/mol. The first-order valence-electron chi connectivity index (χ1n) is 7.20. The highest BCUT2D eigenvalue weighted by molar-refractivity contribution is 6.35. The number of hydrazone groups is 1. The summed E-state index contributed by atoms with van der Waals surface area (Å²) in [7, 11) is 0. The first-order chi connectivity index (χ1) is 10.8. The quantitative estimate of drug-likeness (QED) is 0.892. The van der Waals surface area contributed by atoms with Crippen LogP contribution in [0.5, 0.6) is 0 Å². The summed E-state index contributed by atoms with van der Waals surface area (Å²) in [5, 5.41) is 14.7. The molecule has 0 fully saturated rings. The molecule has 2 N–H and O–H groups in total. The van der Waals surface area contributed by atoms with Crippen molar-refractivity contribution < 1.29 is 9.90 Å². The van der Waals surface area contributed by atoms with E-state index in [0.29, 0.717) is 28.8 Å². The molecule has 4 nitrogen and oxygen atoms in total. The molecule has 1 aliphatic heterocycles. The summed E-state index contributed by atoms with van der Waals surface area (Å²) >= 11 is 0. The summed E-state index contributed by atoms with van der Waals surface area (Å²) in [6.45, 7) is 0. The van der Waals surface area contributed by atoms with Gasteiger partial charge in [0.2, 0.25) is 0 Å². The number of aliphatic hydroxyl groups is 1. The molecule has 2 aromatic rings. The Hall–Kier alpha value is -2.88. The summed E-state index contributed by atoms with van der Waals surface area (Å²) in [6, 6.07) is 17.1. The Morgan fingerprint density at radius 1 is 1.00 bits per heavy atom. The molecule has 0 amide bonds. The summed E-state index contributed by atoms with van der Waals surface area (Å²) in [5.41, 5.74) is 6.25. The molecule has 0 saturated heterocycles. The summed E-state index contributed by atoms with van der Waals surface area (Å²) < 4.78 is 0. The van der Waals surface area contributed by atoms with E-state index < -0.39 is 0 Å². The van der Waals surface area contributed by atoms with Crippen LogP contribution in [0.15, 0.2) is 65.3 Å². The van der Waals surface area contributed by atoms with E-state index in [1.807, 2.05) is 36.4 Å². The molecule has 0 spiro atoms. The Bertz CT molecular complexity index is 822. The van der Waals surface area contributed by atoms with Crippen molar-refractivity contribution in [3.8, 4) is 0 Å². The van der Waals surface area contributed by atoms with Crippen molar-refractivity contribution >= 4 is 17.3 Å². The van der Waals surface area contributed by atoms with E-state index >= 15 is 0 Å². The molecule has 0 radical (unpaired) electrons. The van der Waals surface area contributed by atoms with Gasteiger partial charge in [-0.2, -0.15) is 5.10 Å². The van der Waals surface area contributed by atoms with Crippen LogP contribution in [0.4, 0.5) is 0 Å². The lowest BCUT2D eigenvalue weighted by Gasteiger charge is -2.09. The topological polar surface area (TPSA) is 61.7 Å². The highest BCUT2D eigenvalue weighted by Gasteiger charge is 2.35. The molecule has 0 bridgehead atoms. The number of benzene rings is 2. The number of allylic oxidation sites excluding steroid dienone is 1. The molecule has 108 valence electrons. The van der Waals surface area contributed by atoms with Gasteiger partial charge in [0.15, 0.2) is 5.78 Å². The molecule has 0 aromatic heterocycles. The smallest absolute Gasteiger partial charge is 0.199 e. The lowest BCUT2D eigenvalue weighted by molar-refractivity contribution is 0.104. The standard InChI is InChI=1S/C18H14N2O2/c21-17-12-8-4-5-9-13(12)18(22)16(17)15-10-14(19-20-15)11-6-2-1-3-7-11/h1-9,14,19,21H,10H2/t14-/m0/s1. The third-order valence-corrected chi connectivity index (χ3v) is 4.13. The van der Waals surface area contributed by atoms with Gasteiger partial charge in [-0.1, -0.05) is 54.6 Å². The first-order valence-corrected chi connectivity index (χ1v) is 7.20. The van der Waals surface area contributed by atoms with Crippen LogP contribution in [-0.4, -0.2) is 16.6 Å². The van der Waals surface area contributed by atoms with Crippen LogP contribution in [0, 0.1) is 0 Å². The minimum absolute atomic E-state index is 0.0352. The Morgan fingerprint density at radius 2 is 1.68 bits per heavy atom. The van der Waals surface area contributed by atoms with Gasteiger partial charge in [-0.25, -0.2) is 0 Å². The van der Waals surface area contributed by atoms with Crippen molar-refractivity contribution in [1.29, 1.82) is 0 Å². The average Bonchev–Trinajstić information content (AvgIpc) is 3.13.